The number of carbonyl (C=O) groups excluding carboxylic acids is 1. The van der Waals surface area contributed by atoms with Crippen molar-refractivity contribution in [2.24, 2.45) is 5.92 Å². The van der Waals surface area contributed by atoms with E-state index < -0.39 is 0 Å². The molecule has 2 N–H and O–H groups in total. The molecule has 0 saturated carbocycles. The van der Waals surface area contributed by atoms with Gasteiger partial charge in [0.15, 0.2) is 0 Å². The Kier molecular flexibility index (Phi) is 5.15. The van der Waals surface area contributed by atoms with E-state index in [4.69, 9.17) is 0 Å². The Morgan fingerprint density at radius 1 is 1.47 bits per heavy atom. The third kappa shape index (κ3) is 4.56. The highest BCUT2D eigenvalue weighted by atomic mass is 16.2. The molecule has 5 heteroatoms. The van der Waals surface area contributed by atoms with Crippen LogP contribution >= 0.6 is 0 Å². The van der Waals surface area contributed by atoms with Crippen molar-refractivity contribution in [1.82, 2.24) is 20.2 Å². The first-order chi connectivity index (χ1) is 8.02. The Morgan fingerprint density at radius 3 is 2.76 bits per heavy atom. The van der Waals surface area contributed by atoms with Crippen molar-refractivity contribution in [3.05, 3.63) is 18.2 Å². The maximum atomic E-state index is 11.7. The first kappa shape index (κ1) is 13.7. The molecule has 0 fully saturated rings. The number of rotatable bonds is 6. The highest BCUT2D eigenvalue weighted by Crippen LogP contribution is 2.00. The molecule has 0 aromatic carbocycles. The van der Waals surface area contributed by atoms with Crippen molar-refractivity contribution >= 4 is 5.91 Å². The molecule has 0 radical (unpaired) electrons. The predicted octanol–water partition coefficient (Wildman–Crippen LogP) is 0.763. The fraction of sp³-hybridized carbons (Fsp3) is 0.667. The molecule has 1 unspecified atom stereocenters. The van der Waals surface area contributed by atoms with Gasteiger partial charge in [-0.05, 0) is 19.9 Å². The highest BCUT2D eigenvalue weighted by molar-refractivity contribution is 5.76. The van der Waals surface area contributed by atoms with E-state index in [1.165, 1.54) is 0 Å². The smallest absolute Gasteiger partial charge is 0.240 e. The van der Waals surface area contributed by atoms with E-state index in [0.717, 1.165) is 12.2 Å². The van der Waals surface area contributed by atoms with E-state index in [0.29, 0.717) is 12.5 Å². The van der Waals surface area contributed by atoms with Gasteiger partial charge in [0.1, 0.15) is 6.54 Å². The van der Waals surface area contributed by atoms with E-state index in [1.807, 2.05) is 20.2 Å². The van der Waals surface area contributed by atoms with Gasteiger partial charge >= 0.3 is 0 Å². The monoisotopic (exact) mass is 238 g/mol. The number of amides is 1. The van der Waals surface area contributed by atoms with E-state index >= 15 is 0 Å². The molecule has 1 amide bonds. The van der Waals surface area contributed by atoms with Crippen LogP contribution in [0.3, 0.4) is 0 Å². The summed E-state index contributed by atoms with van der Waals surface area (Å²) in [4.78, 5) is 15.9. The lowest BCUT2D eigenvalue weighted by molar-refractivity contribution is -0.122. The van der Waals surface area contributed by atoms with Gasteiger partial charge in [0.25, 0.3) is 0 Å². The lowest BCUT2D eigenvalue weighted by atomic mass is 10.1. The number of imidazole rings is 1. The zero-order chi connectivity index (χ0) is 12.8. The lowest BCUT2D eigenvalue weighted by Gasteiger charge is -2.17. The molecule has 17 heavy (non-hydrogen) atoms. The summed E-state index contributed by atoms with van der Waals surface area (Å²) in [5.41, 5.74) is 0.942. The van der Waals surface area contributed by atoms with E-state index in [9.17, 15) is 4.79 Å². The topological polar surface area (TPSA) is 59.0 Å². The number of hydrogen-bond acceptors (Lipinski definition) is 3. The summed E-state index contributed by atoms with van der Waals surface area (Å²) in [5, 5.41) is 5.99. The van der Waals surface area contributed by atoms with Crippen LogP contribution in [0.5, 0.6) is 0 Å². The molecule has 0 bridgehead atoms. The summed E-state index contributed by atoms with van der Waals surface area (Å²) in [6, 6.07) is 0.197. The van der Waals surface area contributed by atoms with Crippen molar-refractivity contribution in [2.45, 2.75) is 39.9 Å². The summed E-state index contributed by atoms with van der Waals surface area (Å²) < 4.78 is 1.80. The van der Waals surface area contributed by atoms with Crippen molar-refractivity contribution in [2.75, 3.05) is 7.05 Å². The number of nitrogens with zero attached hydrogens (tertiary/aromatic N) is 2. The van der Waals surface area contributed by atoms with Crippen LogP contribution in [0.2, 0.25) is 0 Å². The van der Waals surface area contributed by atoms with E-state index in [1.54, 1.807) is 10.9 Å². The summed E-state index contributed by atoms with van der Waals surface area (Å²) >= 11 is 0. The van der Waals surface area contributed by atoms with Gasteiger partial charge in [-0.15, -0.1) is 0 Å². The van der Waals surface area contributed by atoms with Crippen LogP contribution < -0.4 is 10.6 Å². The second-order valence-corrected chi connectivity index (χ2v) is 4.67. The third-order valence-electron chi connectivity index (χ3n) is 2.76. The van der Waals surface area contributed by atoms with Crippen LogP contribution in [0.15, 0.2) is 12.5 Å². The summed E-state index contributed by atoms with van der Waals surface area (Å²) in [7, 11) is 1.87. The van der Waals surface area contributed by atoms with Crippen LogP contribution in [0.4, 0.5) is 0 Å². The second kappa shape index (κ2) is 6.39. The van der Waals surface area contributed by atoms with Gasteiger partial charge in [-0.3, -0.25) is 4.79 Å². The Hall–Kier alpha value is -1.36. The van der Waals surface area contributed by atoms with Gasteiger partial charge in [-0.25, -0.2) is 4.98 Å². The first-order valence-electron chi connectivity index (χ1n) is 5.97. The summed E-state index contributed by atoms with van der Waals surface area (Å²) in [6.07, 6.45) is 3.57. The Bertz CT molecular complexity index is 359. The molecule has 0 spiro atoms. The highest BCUT2D eigenvalue weighted by Gasteiger charge is 2.11. The zero-order valence-corrected chi connectivity index (χ0v) is 11.0. The maximum absolute atomic E-state index is 11.7. The minimum Gasteiger partial charge on any atom is -0.352 e. The second-order valence-electron chi connectivity index (χ2n) is 4.67. The van der Waals surface area contributed by atoms with Crippen LogP contribution in [0.1, 0.15) is 26.5 Å². The molecule has 0 aliphatic carbocycles. The molecule has 5 nitrogen and oxygen atoms in total. The minimum absolute atomic E-state index is 0.0274. The third-order valence-corrected chi connectivity index (χ3v) is 2.76. The van der Waals surface area contributed by atoms with Crippen molar-refractivity contribution in [1.29, 1.82) is 0 Å². The molecule has 1 aromatic rings. The molecule has 1 atom stereocenters. The Balaban J connectivity index is 2.44. The average Bonchev–Trinajstić information content (AvgIpc) is 2.65. The van der Waals surface area contributed by atoms with Gasteiger partial charge < -0.3 is 15.2 Å². The molecule has 96 valence electrons. The molecule has 1 heterocycles. The van der Waals surface area contributed by atoms with Gasteiger partial charge in [-0.1, -0.05) is 13.8 Å². The number of hydrogen-bond donors (Lipinski definition) is 2. The van der Waals surface area contributed by atoms with Crippen LogP contribution in [0, 0.1) is 5.92 Å². The molecule has 1 aromatic heterocycles. The maximum Gasteiger partial charge on any atom is 0.240 e. The average molecular weight is 238 g/mol. The molecule has 1 rings (SSSR count). The van der Waals surface area contributed by atoms with Gasteiger partial charge in [0.05, 0.1) is 12.0 Å². The molecular weight excluding hydrogens is 216 g/mol. The van der Waals surface area contributed by atoms with Gasteiger partial charge in [0.2, 0.25) is 5.91 Å². The SMILES string of the molecule is CNCc1cn(CC(=O)NC(C)C(C)C)cn1. The first-order valence-corrected chi connectivity index (χ1v) is 5.97. The number of aromatic nitrogens is 2. The predicted molar refractivity (Wildman–Crippen MR) is 67.4 cm³/mol. The quantitative estimate of drug-likeness (QED) is 0.769. The standard InChI is InChI=1S/C12H22N4O/c1-9(2)10(3)15-12(17)7-16-6-11(5-13-4)14-8-16/h6,8-10,13H,5,7H2,1-4H3,(H,15,17). The molecule has 0 aliphatic heterocycles. The number of nitrogens with one attached hydrogen (secondary N) is 2. The van der Waals surface area contributed by atoms with Crippen molar-refractivity contribution in [3.63, 3.8) is 0 Å². The normalized spacial score (nSPS) is 12.8. The van der Waals surface area contributed by atoms with Gasteiger partial charge in [0, 0.05) is 18.8 Å². The van der Waals surface area contributed by atoms with Crippen molar-refractivity contribution in [3.8, 4) is 0 Å². The van der Waals surface area contributed by atoms with E-state index in [2.05, 4.69) is 29.5 Å². The summed E-state index contributed by atoms with van der Waals surface area (Å²) in [5.74, 6) is 0.473. The van der Waals surface area contributed by atoms with E-state index in [-0.39, 0.29) is 11.9 Å². The van der Waals surface area contributed by atoms with Crippen molar-refractivity contribution < 1.29 is 4.79 Å². The van der Waals surface area contributed by atoms with Gasteiger partial charge in [-0.2, -0.15) is 0 Å². The fourth-order valence-corrected chi connectivity index (χ4v) is 1.40. The number of carbonyl (C=O) groups is 1. The lowest BCUT2D eigenvalue weighted by Crippen LogP contribution is -2.37. The van der Waals surface area contributed by atoms with Crippen LogP contribution in [-0.4, -0.2) is 28.5 Å². The fourth-order valence-electron chi connectivity index (χ4n) is 1.40. The summed E-state index contributed by atoms with van der Waals surface area (Å²) in [6.45, 7) is 7.24. The molecule has 0 saturated heterocycles. The minimum atomic E-state index is 0.0274. The van der Waals surface area contributed by atoms with Crippen LogP contribution in [-0.2, 0) is 17.9 Å². The molecular formula is C12H22N4O. The Labute approximate surface area is 103 Å². The largest absolute Gasteiger partial charge is 0.352 e. The zero-order valence-electron chi connectivity index (χ0n) is 11.0. The van der Waals surface area contributed by atoms with Crippen LogP contribution in [0.25, 0.3) is 0 Å². The Morgan fingerprint density at radius 2 is 2.18 bits per heavy atom. The molecule has 0 aliphatic rings.